The van der Waals surface area contributed by atoms with E-state index in [2.05, 4.69) is 28.2 Å². The number of nitrogens with two attached hydrogens (primary N) is 1. The number of hydrogen-bond donors (Lipinski definition) is 2. The second-order valence-corrected chi connectivity index (χ2v) is 9.14. The Bertz CT molecular complexity index is 1080. The van der Waals surface area contributed by atoms with E-state index in [4.69, 9.17) is 10.5 Å². The van der Waals surface area contributed by atoms with Gasteiger partial charge in [0.05, 0.1) is 16.6 Å². The number of rotatable bonds is 9. The molecule has 2 aromatic carbocycles. The highest BCUT2D eigenvalue weighted by atomic mass is 79.9. The molecule has 2 amide bonds. The number of benzene rings is 2. The summed E-state index contributed by atoms with van der Waals surface area (Å²) in [6.07, 6.45) is 2.68. The summed E-state index contributed by atoms with van der Waals surface area (Å²) in [5.41, 5.74) is 8.39. The first kappa shape index (κ1) is 23.0. The summed E-state index contributed by atoms with van der Waals surface area (Å²) in [4.78, 5) is 26.0. The molecule has 0 aliphatic rings. The van der Waals surface area contributed by atoms with Crippen molar-refractivity contribution in [3.63, 3.8) is 0 Å². The van der Waals surface area contributed by atoms with E-state index in [0.29, 0.717) is 39.4 Å². The minimum atomic E-state index is -0.552. The Hall–Kier alpha value is -2.64. The fourth-order valence-electron chi connectivity index (χ4n) is 3.16. The van der Waals surface area contributed by atoms with Gasteiger partial charge in [-0.2, -0.15) is 0 Å². The zero-order valence-corrected chi connectivity index (χ0v) is 19.9. The number of unbranched alkanes of at least 4 members (excludes halogenated alkanes) is 1. The summed E-state index contributed by atoms with van der Waals surface area (Å²) in [5.74, 6) is -0.167. The average molecular weight is 501 g/mol. The van der Waals surface area contributed by atoms with Gasteiger partial charge in [-0.3, -0.25) is 9.59 Å². The molecule has 0 aliphatic carbocycles. The molecule has 0 atom stereocenters. The molecule has 0 aliphatic heterocycles. The maximum Gasteiger partial charge on any atom is 0.256 e. The predicted molar refractivity (Wildman–Crippen MR) is 129 cm³/mol. The molecule has 3 rings (SSSR count). The summed E-state index contributed by atoms with van der Waals surface area (Å²) in [7, 11) is 0. The van der Waals surface area contributed by atoms with Crippen LogP contribution in [0.25, 0.3) is 0 Å². The lowest BCUT2D eigenvalue weighted by Gasteiger charge is -2.10. The van der Waals surface area contributed by atoms with Crippen molar-refractivity contribution in [2.45, 2.75) is 33.1 Å². The molecule has 0 spiro atoms. The summed E-state index contributed by atoms with van der Waals surface area (Å²) in [6, 6.07) is 15.2. The number of hydrogen-bond acceptors (Lipinski definition) is 4. The quantitative estimate of drug-likeness (QED) is 0.356. The smallest absolute Gasteiger partial charge is 0.256 e. The highest BCUT2D eigenvalue weighted by Crippen LogP contribution is 2.35. The first-order chi connectivity index (χ1) is 14.9. The second-order valence-electron chi connectivity index (χ2n) is 7.18. The van der Waals surface area contributed by atoms with Crippen LogP contribution in [0.3, 0.4) is 0 Å². The van der Waals surface area contributed by atoms with Gasteiger partial charge in [0, 0.05) is 16.9 Å². The lowest BCUT2D eigenvalue weighted by Crippen LogP contribution is -2.17. The maximum atomic E-state index is 12.9. The van der Waals surface area contributed by atoms with Gasteiger partial charge in [-0.15, -0.1) is 11.3 Å². The second kappa shape index (κ2) is 10.6. The SMILES string of the molecule is CCCCOc1ccc(C(=O)Nc2sc(Cc3ccccc3)c(C)c2C(N)=O)cc1Br. The molecule has 162 valence electrons. The molecule has 1 heterocycles. The summed E-state index contributed by atoms with van der Waals surface area (Å²) < 4.78 is 6.43. The topological polar surface area (TPSA) is 81.4 Å². The van der Waals surface area contributed by atoms with E-state index >= 15 is 0 Å². The van der Waals surface area contributed by atoms with E-state index in [-0.39, 0.29) is 5.91 Å². The first-order valence-corrected chi connectivity index (χ1v) is 11.7. The molecule has 31 heavy (non-hydrogen) atoms. The monoisotopic (exact) mass is 500 g/mol. The number of anilines is 1. The Morgan fingerprint density at radius 2 is 1.90 bits per heavy atom. The van der Waals surface area contributed by atoms with Gasteiger partial charge in [0.2, 0.25) is 0 Å². The fourth-order valence-corrected chi connectivity index (χ4v) is 4.89. The van der Waals surface area contributed by atoms with Crippen molar-refractivity contribution in [2.24, 2.45) is 5.73 Å². The van der Waals surface area contributed by atoms with E-state index in [0.717, 1.165) is 28.8 Å². The van der Waals surface area contributed by atoms with Crippen LogP contribution in [0, 0.1) is 6.92 Å². The van der Waals surface area contributed by atoms with Gasteiger partial charge in [0.25, 0.3) is 11.8 Å². The number of carbonyl (C=O) groups excluding carboxylic acids is 2. The molecule has 1 aromatic heterocycles. The molecule has 0 fully saturated rings. The van der Waals surface area contributed by atoms with Gasteiger partial charge in [-0.1, -0.05) is 43.7 Å². The molecular formula is C24H25BrN2O3S. The molecule has 0 bridgehead atoms. The van der Waals surface area contributed by atoms with Crippen LogP contribution < -0.4 is 15.8 Å². The van der Waals surface area contributed by atoms with Crippen LogP contribution in [0.4, 0.5) is 5.00 Å². The molecule has 7 heteroatoms. The minimum absolute atomic E-state index is 0.309. The molecule has 3 aromatic rings. The van der Waals surface area contributed by atoms with E-state index in [1.54, 1.807) is 18.2 Å². The summed E-state index contributed by atoms with van der Waals surface area (Å²) >= 11 is 4.85. The van der Waals surface area contributed by atoms with Gasteiger partial charge >= 0.3 is 0 Å². The molecule has 0 saturated heterocycles. The van der Waals surface area contributed by atoms with Gasteiger partial charge in [0.15, 0.2) is 0 Å². The van der Waals surface area contributed by atoms with Crippen LogP contribution in [0.5, 0.6) is 5.75 Å². The Morgan fingerprint density at radius 1 is 1.16 bits per heavy atom. The lowest BCUT2D eigenvalue weighted by molar-refractivity contribution is 0.100. The number of thiophene rings is 1. The van der Waals surface area contributed by atoms with Crippen LogP contribution in [-0.4, -0.2) is 18.4 Å². The summed E-state index contributed by atoms with van der Waals surface area (Å²) in [5, 5.41) is 3.34. The average Bonchev–Trinajstić information content (AvgIpc) is 3.04. The van der Waals surface area contributed by atoms with Gasteiger partial charge in [0.1, 0.15) is 10.8 Å². The van der Waals surface area contributed by atoms with E-state index in [1.807, 2.05) is 37.3 Å². The zero-order chi connectivity index (χ0) is 22.4. The third-order valence-electron chi connectivity index (χ3n) is 4.88. The Labute approximate surface area is 194 Å². The van der Waals surface area contributed by atoms with Crippen molar-refractivity contribution < 1.29 is 14.3 Å². The normalized spacial score (nSPS) is 10.7. The largest absolute Gasteiger partial charge is 0.492 e. The van der Waals surface area contributed by atoms with Gasteiger partial charge in [-0.25, -0.2) is 0 Å². The fraction of sp³-hybridized carbons (Fsp3) is 0.250. The number of halogens is 1. The van der Waals surface area contributed by atoms with E-state index < -0.39 is 5.91 Å². The van der Waals surface area contributed by atoms with Crippen molar-refractivity contribution in [1.29, 1.82) is 0 Å². The molecule has 0 unspecified atom stereocenters. The van der Waals surface area contributed by atoms with Crippen molar-refractivity contribution in [1.82, 2.24) is 0 Å². The van der Waals surface area contributed by atoms with Crippen molar-refractivity contribution in [3.8, 4) is 5.75 Å². The highest BCUT2D eigenvalue weighted by Gasteiger charge is 2.21. The number of primary amides is 1. The standard InChI is InChI=1S/C24H25BrN2O3S/c1-3-4-12-30-19-11-10-17(14-18(19)25)23(29)27-24-21(22(26)28)15(2)20(31-24)13-16-8-6-5-7-9-16/h5-11,14H,3-4,12-13H2,1-2H3,(H2,26,28)(H,27,29). The first-order valence-electron chi connectivity index (χ1n) is 10.1. The van der Waals surface area contributed by atoms with Gasteiger partial charge in [-0.05, 0) is 58.6 Å². The molecule has 0 radical (unpaired) electrons. The molecule has 5 nitrogen and oxygen atoms in total. The lowest BCUT2D eigenvalue weighted by atomic mass is 10.1. The van der Waals surface area contributed by atoms with Crippen molar-refractivity contribution >= 4 is 44.1 Å². The van der Waals surface area contributed by atoms with Crippen LogP contribution in [-0.2, 0) is 6.42 Å². The number of ether oxygens (including phenoxy) is 1. The van der Waals surface area contributed by atoms with Crippen molar-refractivity contribution in [3.05, 3.63) is 80.1 Å². The molecule has 3 N–H and O–H groups in total. The van der Waals surface area contributed by atoms with Crippen LogP contribution in [0.1, 0.15) is 56.5 Å². The van der Waals surface area contributed by atoms with E-state index in [1.165, 1.54) is 11.3 Å². The van der Waals surface area contributed by atoms with Gasteiger partial charge < -0.3 is 15.8 Å². The number of amides is 2. The third kappa shape index (κ3) is 5.74. The minimum Gasteiger partial charge on any atom is -0.492 e. The Balaban J connectivity index is 1.81. The maximum absolute atomic E-state index is 12.9. The Kier molecular flexibility index (Phi) is 7.87. The van der Waals surface area contributed by atoms with Crippen LogP contribution in [0.15, 0.2) is 53.0 Å². The predicted octanol–water partition coefficient (Wildman–Crippen LogP) is 5.94. The number of nitrogens with one attached hydrogen (secondary N) is 1. The molecule has 0 saturated carbocycles. The molecular weight excluding hydrogens is 476 g/mol. The van der Waals surface area contributed by atoms with Crippen LogP contribution in [0.2, 0.25) is 0 Å². The highest BCUT2D eigenvalue weighted by molar-refractivity contribution is 9.10. The summed E-state index contributed by atoms with van der Waals surface area (Å²) in [6.45, 7) is 4.59. The number of carbonyl (C=O) groups is 2. The van der Waals surface area contributed by atoms with Crippen molar-refractivity contribution in [2.75, 3.05) is 11.9 Å². The zero-order valence-electron chi connectivity index (χ0n) is 17.5. The Morgan fingerprint density at radius 3 is 2.55 bits per heavy atom. The van der Waals surface area contributed by atoms with Crippen LogP contribution >= 0.6 is 27.3 Å². The third-order valence-corrected chi connectivity index (χ3v) is 6.70. The van der Waals surface area contributed by atoms with E-state index in [9.17, 15) is 9.59 Å².